The van der Waals surface area contributed by atoms with Crippen LogP contribution >= 0.6 is 27.5 Å². The molecule has 3 nitrogen and oxygen atoms in total. The lowest BCUT2D eigenvalue weighted by atomic mass is 10.0. The molecule has 0 saturated carbocycles. The Labute approximate surface area is 168 Å². The molecular weight excluding hydrogens is 421 g/mol. The number of hydrogen-bond donors (Lipinski definition) is 1. The summed E-state index contributed by atoms with van der Waals surface area (Å²) in [5.41, 5.74) is 1.22. The molecule has 0 spiro atoms. The van der Waals surface area contributed by atoms with Gasteiger partial charge in [-0.25, -0.2) is 4.39 Å². The number of rotatable bonds is 8. The van der Waals surface area contributed by atoms with Crippen LogP contribution in [-0.4, -0.2) is 12.6 Å². The maximum absolute atomic E-state index is 14.0. The SMILES string of the molecule is CCC(C)(C)NCc1c(Br)ccc(OC)c1OCc1c(F)cccc1Cl. The smallest absolute Gasteiger partial charge is 0.167 e. The Morgan fingerprint density at radius 3 is 2.54 bits per heavy atom. The van der Waals surface area contributed by atoms with Crippen molar-refractivity contribution in [1.82, 2.24) is 5.32 Å². The van der Waals surface area contributed by atoms with Crippen LogP contribution in [0.15, 0.2) is 34.8 Å². The molecule has 6 heteroatoms. The minimum atomic E-state index is -0.391. The summed E-state index contributed by atoms with van der Waals surface area (Å²) in [5, 5.41) is 3.85. The largest absolute Gasteiger partial charge is 0.493 e. The number of ether oxygens (including phenoxy) is 2. The lowest BCUT2D eigenvalue weighted by Crippen LogP contribution is -2.38. The van der Waals surface area contributed by atoms with Crippen LogP contribution in [0, 0.1) is 5.82 Å². The van der Waals surface area contributed by atoms with Gasteiger partial charge in [-0.2, -0.15) is 0 Å². The molecule has 0 aromatic heterocycles. The molecule has 0 amide bonds. The molecule has 0 aliphatic heterocycles. The molecule has 0 saturated heterocycles. The molecule has 0 bridgehead atoms. The molecule has 2 aromatic carbocycles. The lowest BCUT2D eigenvalue weighted by molar-refractivity contribution is 0.273. The molecule has 0 radical (unpaired) electrons. The second-order valence-corrected chi connectivity index (χ2v) is 7.90. The predicted molar refractivity (Wildman–Crippen MR) is 108 cm³/mol. The van der Waals surface area contributed by atoms with E-state index in [0.29, 0.717) is 28.6 Å². The Kier molecular flexibility index (Phi) is 7.33. The fourth-order valence-electron chi connectivity index (χ4n) is 2.33. The van der Waals surface area contributed by atoms with E-state index < -0.39 is 5.82 Å². The van der Waals surface area contributed by atoms with Crippen LogP contribution in [-0.2, 0) is 13.2 Å². The highest BCUT2D eigenvalue weighted by atomic mass is 79.9. The summed E-state index contributed by atoms with van der Waals surface area (Å²) in [7, 11) is 1.58. The van der Waals surface area contributed by atoms with E-state index in [2.05, 4.69) is 42.0 Å². The summed E-state index contributed by atoms with van der Waals surface area (Å²) in [4.78, 5) is 0. The summed E-state index contributed by atoms with van der Waals surface area (Å²) in [6.45, 7) is 7.01. The summed E-state index contributed by atoms with van der Waals surface area (Å²) in [6.07, 6.45) is 0.982. The van der Waals surface area contributed by atoms with Gasteiger partial charge < -0.3 is 14.8 Å². The van der Waals surface area contributed by atoms with Gasteiger partial charge in [-0.3, -0.25) is 0 Å². The first-order valence-electron chi connectivity index (χ1n) is 8.45. The van der Waals surface area contributed by atoms with Crippen molar-refractivity contribution in [2.45, 2.75) is 45.9 Å². The van der Waals surface area contributed by atoms with Crippen LogP contribution in [0.2, 0.25) is 5.02 Å². The van der Waals surface area contributed by atoms with E-state index in [4.69, 9.17) is 21.1 Å². The van der Waals surface area contributed by atoms with Crippen LogP contribution in [0.3, 0.4) is 0 Å². The summed E-state index contributed by atoms with van der Waals surface area (Å²) < 4.78 is 26.4. The highest BCUT2D eigenvalue weighted by molar-refractivity contribution is 9.10. The molecule has 142 valence electrons. The normalized spacial score (nSPS) is 11.5. The van der Waals surface area contributed by atoms with Crippen molar-refractivity contribution in [1.29, 1.82) is 0 Å². The average molecular weight is 445 g/mol. The van der Waals surface area contributed by atoms with Gasteiger partial charge in [0.2, 0.25) is 0 Å². The Morgan fingerprint density at radius 1 is 1.19 bits per heavy atom. The lowest BCUT2D eigenvalue weighted by Gasteiger charge is -2.26. The van der Waals surface area contributed by atoms with Crippen molar-refractivity contribution < 1.29 is 13.9 Å². The fourth-order valence-corrected chi connectivity index (χ4v) is 3.00. The molecule has 0 aliphatic carbocycles. The maximum Gasteiger partial charge on any atom is 0.167 e. The van der Waals surface area contributed by atoms with E-state index in [1.165, 1.54) is 6.07 Å². The second-order valence-electron chi connectivity index (χ2n) is 6.64. The molecule has 1 N–H and O–H groups in total. The minimum absolute atomic E-state index is 0.0164. The summed E-state index contributed by atoms with van der Waals surface area (Å²) in [5.74, 6) is 0.769. The third-order valence-electron chi connectivity index (χ3n) is 4.44. The van der Waals surface area contributed by atoms with Gasteiger partial charge in [-0.15, -0.1) is 0 Å². The molecule has 0 heterocycles. The van der Waals surface area contributed by atoms with Gasteiger partial charge in [0.25, 0.3) is 0 Å². The van der Waals surface area contributed by atoms with E-state index in [9.17, 15) is 4.39 Å². The molecule has 26 heavy (non-hydrogen) atoms. The van der Waals surface area contributed by atoms with Crippen LogP contribution < -0.4 is 14.8 Å². The van der Waals surface area contributed by atoms with Gasteiger partial charge in [0, 0.05) is 27.7 Å². The predicted octanol–water partition coefficient (Wildman–Crippen LogP) is 6.11. The Morgan fingerprint density at radius 2 is 1.92 bits per heavy atom. The molecule has 0 atom stereocenters. The van der Waals surface area contributed by atoms with Crippen molar-refractivity contribution in [2.24, 2.45) is 0 Å². The highest BCUT2D eigenvalue weighted by Crippen LogP contribution is 2.37. The topological polar surface area (TPSA) is 30.5 Å². The Bertz CT molecular complexity index is 747. The van der Waals surface area contributed by atoms with Crippen LogP contribution in [0.4, 0.5) is 4.39 Å². The van der Waals surface area contributed by atoms with Gasteiger partial charge in [0.15, 0.2) is 11.5 Å². The van der Waals surface area contributed by atoms with E-state index in [1.807, 2.05) is 12.1 Å². The fraction of sp³-hybridized carbons (Fsp3) is 0.400. The van der Waals surface area contributed by atoms with E-state index in [1.54, 1.807) is 19.2 Å². The van der Waals surface area contributed by atoms with Gasteiger partial charge in [0.1, 0.15) is 12.4 Å². The van der Waals surface area contributed by atoms with E-state index in [-0.39, 0.29) is 12.1 Å². The third-order valence-corrected chi connectivity index (χ3v) is 5.53. The van der Waals surface area contributed by atoms with E-state index in [0.717, 1.165) is 16.5 Å². The molecule has 2 aromatic rings. The van der Waals surface area contributed by atoms with Crippen LogP contribution in [0.25, 0.3) is 0 Å². The van der Waals surface area contributed by atoms with Crippen molar-refractivity contribution in [3.05, 3.63) is 56.8 Å². The maximum atomic E-state index is 14.0. The monoisotopic (exact) mass is 443 g/mol. The molecule has 2 rings (SSSR count). The Balaban J connectivity index is 2.32. The van der Waals surface area contributed by atoms with Gasteiger partial charge in [-0.05, 0) is 44.5 Å². The first-order chi connectivity index (χ1) is 12.3. The average Bonchev–Trinajstić information content (AvgIpc) is 2.60. The van der Waals surface area contributed by atoms with Crippen molar-refractivity contribution in [3.63, 3.8) is 0 Å². The number of methoxy groups -OCH3 is 1. The van der Waals surface area contributed by atoms with Gasteiger partial charge in [0.05, 0.1) is 12.1 Å². The minimum Gasteiger partial charge on any atom is -0.493 e. The van der Waals surface area contributed by atoms with E-state index >= 15 is 0 Å². The molecular formula is C20H24BrClFNO2. The first-order valence-corrected chi connectivity index (χ1v) is 9.62. The van der Waals surface area contributed by atoms with Crippen LogP contribution in [0.1, 0.15) is 38.3 Å². The quantitative estimate of drug-likeness (QED) is 0.533. The zero-order valence-corrected chi connectivity index (χ0v) is 17.8. The van der Waals surface area contributed by atoms with Crippen LogP contribution in [0.5, 0.6) is 11.5 Å². The second kappa shape index (κ2) is 9.07. The highest BCUT2D eigenvalue weighted by Gasteiger charge is 2.20. The zero-order valence-electron chi connectivity index (χ0n) is 15.5. The van der Waals surface area contributed by atoms with Crippen molar-refractivity contribution in [2.75, 3.05) is 7.11 Å². The number of benzene rings is 2. The van der Waals surface area contributed by atoms with Gasteiger partial charge in [-0.1, -0.05) is 40.5 Å². The zero-order chi connectivity index (χ0) is 19.3. The summed E-state index contributed by atoms with van der Waals surface area (Å²) in [6, 6.07) is 8.32. The Hall–Kier alpha value is -1.30. The number of nitrogens with one attached hydrogen (secondary N) is 1. The first kappa shape index (κ1) is 21.0. The van der Waals surface area contributed by atoms with Crippen molar-refractivity contribution in [3.8, 4) is 11.5 Å². The molecule has 0 unspecified atom stereocenters. The standard InChI is InChI=1S/C20H24BrClFNO2/c1-5-20(2,3)24-11-13-15(21)9-10-18(25-4)19(13)26-12-14-16(22)7-6-8-17(14)23/h6-10,24H,5,11-12H2,1-4H3. The van der Waals surface area contributed by atoms with Gasteiger partial charge >= 0.3 is 0 Å². The number of hydrogen-bond acceptors (Lipinski definition) is 3. The molecule has 0 fully saturated rings. The summed E-state index contributed by atoms with van der Waals surface area (Å²) >= 11 is 9.69. The third kappa shape index (κ3) is 5.12. The number of halogens is 3. The molecule has 0 aliphatic rings. The van der Waals surface area contributed by atoms with Crippen molar-refractivity contribution >= 4 is 27.5 Å².